The number of fused-ring (bicyclic) bond motifs is 1. The number of carbonyl (C=O) groups is 1. The van der Waals surface area contributed by atoms with Gasteiger partial charge in [-0.3, -0.25) is 10.5 Å². The summed E-state index contributed by atoms with van der Waals surface area (Å²) in [7, 11) is 0. The summed E-state index contributed by atoms with van der Waals surface area (Å²) in [6.45, 7) is 0.735. The molecule has 9 heteroatoms. The zero-order chi connectivity index (χ0) is 16.0. The van der Waals surface area contributed by atoms with E-state index in [0.717, 1.165) is 30.8 Å². The van der Waals surface area contributed by atoms with Crippen LogP contribution in [0, 0.1) is 5.92 Å². The van der Waals surface area contributed by atoms with Gasteiger partial charge in [-0.2, -0.15) is 13.2 Å². The van der Waals surface area contributed by atoms with Gasteiger partial charge in [0.2, 0.25) is 11.0 Å². The summed E-state index contributed by atoms with van der Waals surface area (Å²) < 4.78 is 39.0. The van der Waals surface area contributed by atoms with Crippen LogP contribution in [0.4, 0.5) is 13.2 Å². The second kappa shape index (κ2) is 5.39. The van der Waals surface area contributed by atoms with E-state index >= 15 is 0 Å². The molecular weight excluding hydrogens is 317 g/mol. The lowest BCUT2D eigenvalue weighted by atomic mass is 9.97. The van der Waals surface area contributed by atoms with Crippen molar-refractivity contribution in [2.24, 2.45) is 10.7 Å². The predicted octanol–water partition coefficient (Wildman–Crippen LogP) is 1.20. The van der Waals surface area contributed by atoms with Gasteiger partial charge >= 0.3 is 6.18 Å². The lowest BCUT2D eigenvalue weighted by Crippen LogP contribution is -2.55. The zero-order valence-electron chi connectivity index (χ0n) is 11.4. The number of nitrogens with two attached hydrogens (primary N) is 1. The van der Waals surface area contributed by atoms with Gasteiger partial charge in [-0.1, -0.05) is 23.9 Å². The number of alkyl halides is 3. The number of thioether (sulfide) groups is 1. The Morgan fingerprint density at radius 1 is 1.55 bits per heavy atom. The minimum Gasteiger partial charge on any atom is -0.309 e. The van der Waals surface area contributed by atoms with E-state index in [-0.39, 0.29) is 17.7 Å². The van der Waals surface area contributed by atoms with E-state index in [2.05, 4.69) is 15.6 Å². The van der Waals surface area contributed by atoms with Gasteiger partial charge in [0.25, 0.3) is 0 Å². The van der Waals surface area contributed by atoms with Gasteiger partial charge in [-0.25, -0.2) is 4.99 Å². The third-order valence-corrected chi connectivity index (χ3v) is 4.58. The fraction of sp³-hybridized carbons (Fsp3) is 0.462. The second-order valence-electron chi connectivity index (χ2n) is 5.20. The third kappa shape index (κ3) is 2.92. The Labute approximate surface area is 129 Å². The van der Waals surface area contributed by atoms with Crippen LogP contribution >= 0.6 is 11.8 Å². The molecule has 2 heterocycles. The van der Waals surface area contributed by atoms with E-state index in [0.29, 0.717) is 11.3 Å². The van der Waals surface area contributed by atoms with Crippen molar-refractivity contribution in [3.63, 3.8) is 0 Å². The van der Waals surface area contributed by atoms with E-state index in [1.54, 1.807) is 0 Å². The average Bonchev–Trinajstić information content (AvgIpc) is 3.02. The summed E-state index contributed by atoms with van der Waals surface area (Å²) in [6, 6.07) is -0.373. The molecule has 1 radical (unpaired) electrons. The van der Waals surface area contributed by atoms with Crippen LogP contribution in [0.15, 0.2) is 28.1 Å². The van der Waals surface area contributed by atoms with Crippen LogP contribution in [-0.4, -0.2) is 35.5 Å². The molecule has 0 aromatic rings. The Bertz CT molecular complexity index is 580. The summed E-state index contributed by atoms with van der Waals surface area (Å²) in [5.41, 5.74) is 5.74. The van der Waals surface area contributed by atoms with Gasteiger partial charge in [0.15, 0.2) is 5.92 Å². The smallest absolute Gasteiger partial charge is 0.309 e. The van der Waals surface area contributed by atoms with Gasteiger partial charge in [-0.05, 0) is 25.5 Å². The van der Waals surface area contributed by atoms with E-state index < -0.39 is 17.2 Å². The molecule has 119 valence electrons. The molecule has 0 aromatic heterocycles. The molecule has 22 heavy (non-hydrogen) atoms. The Morgan fingerprint density at radius 2 is 2.32 bits per heavy atom. The highest BCUT2D eigenvalue weighted by atomic mass is 32.2. The quantitative estimate of drug-likeness (QED) is 0.665. The first-order valence-corrected chi connectivity index (χ1v) is 7.56. The van der Waals surface area contributed by atoms with Crippen molar-refractivity contribution in [2.75, 3.05) is 6.54 Å². The maximum Gasteiger partial charge on any atom is 0.404 e. The molecule has 1 aliphatic carbocycles. The SMILES string of the molecule is NC1(NC(=O)C2CCCN2)N=C2[C](C(F)(F)F)C=CC=C2S1. The number of hydrogen-bond donors (Lipinski definition) is 3. The molecule has 1 amide bonds. The Morgan fingerprint density at radius 3 is 2.95 bits per heavy atom. The summed E-state index contributed by atoms with van der Waals surface area (Å²) in [5, 5.41) is 3.93. The van der Waals surface area contributed by atoms with Crippen LogP contribution in [0.5, 0.6) is 0 Å². The van der Waals surface area contributed by atoms with Crippen molar-refractivity contribution >= 4 is 23.4 Å². The fourth-order valence-electron chi connectivity index (χ4n) is 2.53. The van der Waals surface area contributed by atoms with Crippen LogP contribution in [0.1, 0.15) is 12.8 Å². The lowest BCUT2D eigenvalue weighted by molar-refractivity contribution is -0.123. The number of halogens is 3. The molecule has 2 unspecified atom stereocenters. The van der Waals surface area contributed by atoms with E-state index in [1.165, 1.54) is 12.2 Å². The number of aliphatic imine (C=N–C) groups is 1. The summed E-state index contributed by atoms with van der Waals surface area (Å²) in [5.74, 6) is -1.20. The van der Waals surface area contributed by atoms with Crippen LogP contribution in [0.25, 0.3) is 0 Å². The number of rotatable bonds is 2. The van der Waals surface area contributed by atoms with Gasteiger partial charge in [-0.15, -0.1) is 0 Å². The van der Waals surface area contributed by atoms with Gasteiger partial charge in [0.05, 0.1) is 11.8 Å². The third-order valence-electron chi connectivity index (χ3n) is 3.53. The lowest BCUT2D eigenvalue weighted by Gasteiger charge is -2.23. The van der Waals surface area contributed by atoms with Crippen LogP contribution < -0.4 is 16.4 Å². The number of nitrogens with one attached hydrogen (secondary N) is 2. The molecule has 5 nitrogen and oxygen atoms in total. The number of amides is 1. The second-order valence-corrected chi connectivity index (χ2v) is 6.46. The largest absolute Gasteiger partial charge is 0.404 e. The highest BCUT2D eigenvalue weighted by molar-refractivity contribution is 8.05. The fourth-order valence-corrected chi connectivity index (χ4v) is 3.55. The first-order valence-electron chi connectivity index (χ1n) is 6.75. The topological polar surface area (TPSA) is 79.5 Å². The van der Waals surface area contributed by atoms with Crippen molar-refractivity contribution in [2.45, 2.75) is 30.2 Å². The molecule has 1 saturated heterocycles. The maximum atomic E-state index is 13.0. The summed E-state index contributed by atoms with van der Waals surface area (Å²) >= 11 is 0.907. The molecule has 0 aromatic carbocycles. The van der Waals surface area contributed by atoms with E-state index in [9.17, 15) is 18.0 Å². The first kappa shape index (κ1) is 15.6. The van der Waals surface area contributed by atoms with Crippen molar-refractivity contribution in [1.29, 1.82) is 0 Å². The molecule has 2 atom stereocenters. The molecule has 2 aliphatic heterocycles. The van der Waals surface area contributed by atoms with Crippen LogP contribution in [0.2, 0.25) is 0 Å². The molecule has 3 aliphatic rings. The van der Waals surface area contributed by atoms with Crippen molar-refractivity contribution in [3.05, 3.63) is 29.1 Å². The molecule has 0 saturated carbocycles. The molecule has 4 N–H and O–H groups in total. The molecule has 0 spiro atoms. The molecule has 0 bridgehead atoms. The van der Waals surface area contributed by atoms with Gasteiger partial charge < -0.3 is 10.6 Å². The monoisotopic (exact) mass is 331 g/mol. The minimum atomic E-state index is -4.52. The predicted molar refractivity (Wildman–Crippen MR) is 77.6 cm³/mol. The standard InChI is InChI=1S/C13H14F3N4OS/c14-12(15,16)7-3-1-5-9-10(7)19-13(17,22-9)20-11(21)8-4-2-6-18-8/h1,3,5,8,18H,2,4,6,17H2,(H,20,21). The highest BCUT2D eigenvalue weighted by Crippen LogP contribution is 2.45. The van der Waals surface area contributed by atoms with Crippen molar-refractivity contribution in [3.8, 4) is 0 Å². The Balaban J connectivity index is 1.79. The van der Waals surface area contributed by atoms with Crippen LogP contribution in [0.3, 0.4) is 0 Å². The average molecular weight is 331 g/mol. The van der Waals surface area contributed by atoms with Gasteiger partial charge in [0, 0.05) is 4.91 Å². The normalized spacial score (nSPS) is 31.7. The first-order chi connectivity index (χ1) is 10.3. The number of hydrogen-bond acceptors (Lipinski definition) is 5. The number of carbonyl (C=O) groups excluding carboxylic acids is 1. The maximum absolute atomic E-state index is 13.0. The molecule has 1 fully saturated rings. The van der Waals surface area contributed by atoms with Crippen molar-refractivity contribution < 1.29 is 18.0 Å². The highest BCUT2D eigenvalue weighted by Gasteiger charge is 2.49. The minimum absolute atomic E-state index is 0.220. The molecular formula is C13H14F3N4OS. The Kier molecular flexibility index (Phi) is 3.82. The molecule has 3 rings (SSSR count). The summed E-state index contributed by atoms with van der Waals surface area (Å²) in [4.78, 5) is 16.3. The van der Waals surface area contributed by atoms with Gasteiger partial charge in [0.1, 0.15) is 0 Å². The number of allylic oxidation sites excluding steroid dienone is 4. The number of nitrogens with zero attached hydrogens (tertiary/aromatic N) is 1. The van der Waals surface area contributed by atoms with Crippen LogP contribution in [-0.2, 0) is 4.79 Å². The van der Waals surface area contributed by atoms with E-state index in [1.807, 2.05) is 0 Å². The van der Waals surface area contributed by atoms with E-state index in [4.69, 9.17) is 5.73 Å². The summed E-state index contributed by atoms with van der Waals surface area (Å²) in [6.07, 6.45) is 0.794. The van der Waals surface area contributed by atoms with Crippen molar-refractivity contribution in [1.82, 2.24) is 10.6 Å². The Hall–Kier alpha value is -1.32. The zero-order valence-corrected chi connectivity index (χ0v) is 12.2.